The molecule has 13 heavy (non-hydrogen) atoms. The molecule has 0 heterocycles. The third-order valence-electron chi connectivity index (χ3n) is 1.65. The molecule has 0 aliphatic rings. The lowest BCUT2D eigenvalue weighted by Gasteiger charge is -2.14. The highest BCUT2D eigenvalue weighted by molar-refractivity contribution is 7.98. The number of hydrogen-bond donors (Lipinski definition) is 0. The van der Waals surface area contributed by atoms with Gasteiger partial charge in [-0.1, -0.05) is 36.4 Å². The highest BCUT2D eigenvalue weighted by atomic mass is 32.2. The molecule has 0 aliphatic heterocycles. The van der Waals surface area contributed by atoms with Crippen molar-refractivity contribution in [2.24, 2.45) is 0 Å². The van der Waals surface area contributed by atoms with E-state index in [0.717, 1.165) is 0 Å². The second kappa shape index (κ2) is 5.84. The van der Waals surface area contributed by atoms with Crippen LogP contribution in [-0.2, 0) is 4.74 Å². The summed E-state index contributed by atoms with van der Waals surface area (Å²) >= 11 is 1.69. The molecule has 0 saturated carbocycles. The van der Waals surface area contributed by atoms with Gasteiger partial charge in [-0.2, -0.15) is 0 Å². The number of hydrogen-bond acceptors (Lipinski definition) is 2. The van der Waals surface area contributed by atoms with Gasteiger partial charge in [-0.3, -0.25) is 0 Å². The van der Waals surface area contributed by atoms with Crippen LogP contribution in [0.5, 0.6) is 0 Å². The SMILES string of the molecule is C=CCOC(SC)c1ccccc1. The number of thioether (sulfide) groups is 1. The summed E-state index contributed by atoms with van der Waals surface area (Å²) < 4.78 is 5.57. The van der Waals surface area contributed by atoms with Gasteiger partial charge in [0, 0.05) is 0 Å². The van der Waals surface area contributed by atoms with Gasteiger partial charge in [-0.25, -0.2) is 0 Å². The molecule has 1 atom stereocenters. The Labute approximate surface area is 83.8 Å². The molecule has 1 aromatic carbocycles. The van der Waals surface area contributed by atoms with Crippen molar-refractivity contribution >= 4 is 11.8 Å². The van der Waals surface area contributed by atoms with Crippen molar-refractivity contribution in [3.8, 4) is 0 Å². The van der Waals surface area contributed by atoms with Gasteiger partial charge in [0.05, 0.1) is 6.61 Å². The zero-order valence-electron chi connectivity index (χ0n) is 7.77. The van der Waals surface area contributed by atoms with Crippen LogP contribution in [0.3, 0.4) is 0 Å². The van der Waals surface area contributed by atoms with Crippen LogP contribution in [0.4, 0.5) is 0 Å². The van der Waals surface area contributed by atoms with Crippen LogP contribution >= 0.6 is 11.8 Å². The number of rotatable bonds is 5. The Morgan fingerprint density at radius 2 is 2.15 bits per heavy atom. The fraction of sp³-hybridized carbons (Fsp3) is 0.273. The summed E-state index contributed by atoms with van der Waals surface area (Å²) in [5.41, 5.74) is 1.33. The smallest absolute Gasteiger partial charge is 0.128 e. The van der Waals surface area contributed by atoms with E-state index in [1.165, 1.54) is 5.56 Å². The van der Waals surface area contributed by atoms with Crippen molar-refractivity contribution in [3.63, 3.8) is 0 Å². The second-order valence-electron chi connectivity index (χ2n) is 2.60. The van der Waals surface area contributed by atoms with E-state index in [1.54, 1.807) is 17.8 Å². The molecule has 0 saturated heterocycles. The molecule has 70 valence electrons. The van der Waals surface area contributed by atoms with Crippen LogP contribution < -0.4 is 0 Å². The minimum Gasteiger partial charge on any atom is -0.359 e. The summed E-state index contributed by atoms with van der Waals surface area (Å²) in [7, 11) is 0. The lowest BCUT2D eigenvalue weighted by molar-refractivity contribution is 0.141. The molecule has 1 rings (SSSR count). The van der Waals surface area contributed by atoms with E-state index >= 15 is 0 Å². The zero-order valence-corrected chi connectivity index (χ0v) is 8.59. The van der Waals surface area contributed by atoms with Gasteiger partial charge in [0.2, 0.25) is 0 Å². The van der Waals surface area contributed by atoms with Gasteiger partial charge in [0.1, 0.15) is 5.44 Å². The largest absolute Gasteiger partial charge is 0.359 e. The summed E-state index contributed by atoms with van der Waals surface area (Å²) in [5.74, 6) is 0. The summed E-state index contributed by atoms with van der Waals surface area (Å²) in [6.07, 6.45) is 3.81. The average molecular weight is 194 g/mol. The molecule has 1 aromatic rings. The minimum atomic E-state index is 0.124. The zero-order chi connectivity index (χ0) is 9.52. The van der Waals surface area contributed by atoms with Crippen LogP contribution in [0.1, 0.15) is 11.0 Å². The van der Waals surface area contributed by atoms with Crippen molar-refractivity contribution in [1.29, 1.82) is 0 Å². The molecule has 0 N–H and O–H groups in total. The quantitative estimate of drug-likeness (QED) is 0.525. The molecule has 0 bridgehead atoms. The first-order valence-electron chi connectivity index (χ1n) is 4.18. The molecule has 0 aliphatic carbocycles. The lowest BCUT2D eigenvalue weighted by Crippen LogP contribution is -1.99. The third-order valence-corrected chi connectivity index (χ3v) is 2.49. The fourth-order valence-electron chi connectivity index (χ4n) is 1.07. The van der Waals surface area contributed by atoms with E-state index in [4.69, 9.17) is 4.74 Å². The Hall–Kier alpha value is -0.730. The van der Waals surface area contributed by atoms with Crippen molar-refractivity contribution in [1.82, 2.24) is 0 Å². The topological polar surface area (TPSA) is 9.23 Å². The van der Waals surface area contributed by atoms with Crippen molar-refractivity contribution in [2.45, 2.75) is 5.44 Å². The van der Waals surface area contributed by atoms with Crippen LogP contribution in [-0.4, -0.2) is 12.9 Å². The van der Waals surface area contributed by atoms with E-state index in [1.807, 2.05) is 24.5 Å². The van der Waals surface area contributed by atoms with Gasteiger partial charge >= 0.3 is 0 Å². The summed E-state index contributed by atoms with van der Waals surface area (Å²) in [4.78, 5) is 0. The molecular weight excluding hydrogens is 180 g/mol. The summed E-state index contributed by atoms with van der Waals surface area (Å²) in [6.45, 7) is 4.22. The highest BCUT2D eigenvalue weighted by Crippen LogP contribution is 2.27. The molecule has 2 heteroatoms. The Morgan fingerprint density at radius 3 is 2.69 bits per heavy atom. The Morgan fingerprint density at radius 1 is 1.46 bits per heavy atom. The van der Waals surface area contributed by atoms with Crippen molar-refractivity contribution in [2.75, 3.05) is 12.9 Å². The maximum Gasteiger partial charge on any atom is 0.128 e. The van der Waals surface area contributed by atoms with Crippen molar-refractivity contribution < 1.29 is 4.74 Å². The van der Waals surface area contributed by atoms with Crippen LogP contribution in [0.25, 0.3) is 0 Å². The predicted octanol–water partition coefficient (Wildman–Crippen LogP) is 3.25. The van der Waals surface area contributed by atoms with Gasteiger partial charge in [-0.15, -0.1) is 18.3 Å². The van der Waals surface area contributed by atoms with Gasteiger partial charge < -0.3 is 4.74 Å². The maximum atomic E-state index is 5.57. The third kappa shape index (κ3) is 3.25. The van der Waals surface area contributed by atoms with E-state index in [9.17, 15) is 0 Å². The van der Waals surface area contributed by atoms with E-state index in [-0.39, 0.29) is 5.44 Å². The first kappa shape index (κ1) is 10.4. The number of benzene rings is 1. The summed E-state index contributed by atoms with van der Waals surface area (Å²) in [6, 6.07) is 10.2. The second-order valence-corrected chi connectivity index (χ2v) is 3.50. The first-order valence-corrected chi connectivity index (χ1v) is 5.47. The molecular formula is C11H14OS. The first-order chi connectivity index (χ1) is 6.38. The average Bonchev–Trinajstić information content (AvgIpc) is 2.21. The molecule has 0 amide bonds. The Balaban J connectivity index is 2.61. The van der Waals surface area contributed by atoms with E-state index < -0.39 is 0 Å². The maximum absolute atomic E-state index is 5.57. The molecule has 0 fully saturated rings. The predicted molar refractivity (Wildman–Crippen MR) is 58.8 cm³/mol. The van der Waals surface area contributed by atoms with E-state index in [0.29, 0.717) is 6.61 Å². The number of ether oxygens (including phenoxy) is 1. The highest BCUT2D eigenvalue weighted by Gasteiger charge is 2.07. The van der Waals surface area contributed by atoms with Crippen LogP contribution in [0.2, 0.25) is 0 Å². The van der Waals surface area contributed by atoms with E-state index in [2.05, 4.69) is 18.7 Å². The molecule has 1 unspecified atom stereocenters. The van der Waals surface area contributed by atoms with Crippen LogP contribution in [0.15, 0.2) is 43.0 Å². The lowest BCUT2D eigenvalue weighted by atomic mass is 10.2. The monoisotopic (exact) mass is 194 g/mol. The Kier molecular flexibility index (Phi) is 4.65. The molecule has 0 radical (unpaired) electrons. The fourth-order valence-corrected chi connectivity index (χ4v) is 1.71. The van der Waals surface area contributed by atoms with Crippen LogP contribution in [0, 0.1) is 0 Å². The van der Waals surface area contributed by atoms with Gasteiger partial charge in [-0.05, 0) is 11.8 Å². The van der Waals surface area contributed by atoms with Crippen molar-refractivity contribution in [3.05, 3.63) is 48.6 Å². The van der Waals surface area contributed by atoms with Gasteiger partial charge in [0.15, 0.2) is 0 Å². The minimum absolute atomic E-state index is 0.124. The normalized spacial score (nSPS) is 12.4. The Bertz CT molecular complexity index is 246. The molecule has 0 aromatic heterocycles. The molecule has 1 nitrogen and oxygen atoms in total. The van der Waals surface area contributed by atoms with Gasteiger partial charge in [0.25, 0.3) is 0 Å². The summed E-state index contributed by atoms with van der Waals surface area (Å²) in [5, 5.41) is 0. The standard InChI is InChI=1S/C11H14OS/c1-3-9-12-11(13-2)10-7-5-4-6-8-10/h3-8,11H,1,9H2,2H3. The molecule has 0 spiro atoms.